The van der Waals surface area contributed by atoms with E-state index in [4.69, 9.17) is 39.1 Å². The van der Waals surface area contributed by atoms with Crippen LogP contribution in [0.5, 0.6) is 0 Å². The zero-order valence-corrected chi connectivity index (χ0v) is 16.5. The SMILES string of the molecule is OCCNCCNCC[OH2+].OCCNCCNCC[OH2+].[Ni+2].[O-][Cl+3]([O-])([O-])[O-]. The Morgan fingerprint density at radius 2 is 0.808 bits per heavy atom. The van der Waals surface area contributed by atoms with Crippen molar-refractivity contribution in [2.24, 2.45) is 0 Å². The number of halogens is 1. The summed E-state index contributed by atoms with van der Waals surface area (Å²) in [6.07, 6.45) is 0. The Labute approximate surface area is 166 Å². The molecule has 0 rings (SSSR count). The first-order valence-electron chi connectivity index (χ1n) is 7.79. The molecule has 0 aliphatic heterocycles. The second-order valence-electron chi connectivity index (χ2n) is 4.33. The Morgan fingerprint density at radius 1 is 0.577 bits per heavy atom. The molecule has 164 valence electrons. The zero-order valence-electron chi connectivity index (χ0n) is 14.7. The molecule has 14 heteroatoms. The van der Waals surface area contributed by atoms with Crippen molar-refractivity contribution in [3.63, 3.8) is 0 Å². The van der Waals surface area contributed by atoms with Crippen LogP contribution in [-0.2, 0) is 16.5 Å². The predicted molar refractivity (Wildman–Crippen MR) is 82.6 cm³/mol. The Bertz CT molecular complexity index is 196. The standard InChI is InChI=1S/2C6H16N2O2.ClHO4.Ni/c2*9-5-3-7-1-2-8-4-6-10;2-1(3,4)5;/h2*7-10H,1-6H2;(H,2,3,4,5);/q;;;+2/p+1. The van der Waals surface area contributed by atoms with Crippen molar-refractivity contribution < 1.29 is 65.8 Å². The normalized spacial score (nSPS) is 10.2. The summed E-state index contributed by atoms with van der Waals surface area (Å²) in [6.45, 7) is 7.53. The molecule has 26 heavy (non-hydrogen) atoms. The van der Waals surface area contributed by atoms with Crippen LogP contribution in [0.2, 0.25) is 0 Å². The molecule has 0 unspecified atom stereocenters. The van der Waals surface area contributed by atoms with E-state index in [1.165, 1.54) is 0 Å². The summed E-state index contributed by atoms with van der Waals surface area (Å²) in [4.78, 5) is 0. The van der Waals surface area contributed by atoms with Crippen molar-refractivity contribution in [2.75, 3.05) is 78.8 Å². The third-order valence-electron chi connectivity index (χ3n) is 2.14. The molecule has 10 N–H and O–H groups in total. The first kappa shape index (κ1) is 33.9. The molecule has 0 saturated heterocycles. The second kappa shape index (κ2) is 30.0. The summed E-state index contributed by atoms with van der Waals surface area (Å²) >= 11 is 0. The summed E-state index contributed by atoms with van der Waals surface area (Å²) in [6, 6.07) is 0. The number of hydrogen-bond acceptors (Lipinski definition) is 10. The van der Waals surface area contributed by atoms with Gasteiger partial charge < -0.3 is 41.7 Å². The summed E-state index contributed by atoms with van der Waals surface area (Å²) in [7, 11) is -4.94. The summed E-state index contributed by atoms with van der Waals surface area (Å²) < 4.78 is 34.0. The van der Waals surface area contributed by atoms with Gasteiger partial charge in [-0.3, -0.25) is 0 Å². The van der Waals surface area contributed by atoms with Crippen LogP contribution < -0.4 is 39.9 Å². The van der Waals surface area contributed by atoms with Crippen molar-refractivity contribution in [3.8, 4) is 0 Å². The van der Waals surface area contributed by atoms with Gasteiger partial charge >= 0.3 is 16.5 Å². The molecule has 0 aliphatic rings. The number of aliphatic hydroxyl groups is 2. The van der Waals surface area contributed by atoms with E-state index in [1.807, 2.05) is 0 Å². The van der Waals surface area contributed by atoms with Crippen molar-refractivity contribution in [1.29, 1.82) is 0 Å². The summed E-state index contributed by atoms with van der Waals surface area (Å²) in [5, 5.41) is 42.5. The zero-order chi connectivity index (χ0) is 19.8. The smallest absolute Gasteiger partial charge is 0.444 e. The Kier molecular flexibility index (Phi) is 39.1. The first-order chi connectivity index (χ1) is 11.8. The van der Waals surface area contributed by atoms with E-state index in [-0.39, 0.29) is 29.7 Å². The fourth-order valence-corrected chi connectivity index (χ4v) is 1.19. The van der Waals surface area contributed by atoms with Gasteiger partial charge in [-0.05, 0) is 0 Å². The molecule has 0 bridgehead atoms. The fraction of sp³-hybridized carbons (Fsp3) is 1.00. The van der Waals surface area contributed by atoms with Crippen LogP contribution in [0.3, 0.4) is 0 Å². The van der Waals surface area contributed by atoms with E-state index in [9.17, 15) is 0 Å². The minimum absolute atomic E-state index is 0. The first-order valence-corrected chi connectivity index (χ1v) is 9.02. The van der Waals surface area contributed by atoms with Gasteiger partial charge in [0.1, 0.15) is 0 Å². The van der Waals surface area contributed by atoms with Crippen LogP contribution in [0, 0.1) is 10.2 Å². The third-order valence-corrected chi connectivity index (χ3v) is 2.14. The van der Waals surface area contributed by atoms with Gasteiger partial charge in [-0.25, -0.2) is 18.6 Å². The number of rotatable bonds is 14. The van der Waals surface area contributed by atoms with Crippen LogP contribution in [0.1, 0.15) is 0 Å². The number of aliphatic hydroxyl groups excluding tert-OH is 2. The summed E-state index contributed by atoms with van der Waals surface area (Å²) in [5.41, 5.74) is 0. The Balaban J connectivity index is -0.000000145. The molecule has 0 fully saturated rings. The molecule has 0 spiro atoms. The molecule has 0 saturated carbocycles. The number of nitrogens with one attached hydrogen (secondary N) is 4. The predicted octanol–water partition coefficient (Wildman–Crippen LogP) is -8.99. The van der Waals surface area contributed by atoms with Gasteiger partial charge in [0.05, 0.1) is 26.3 Å². The van der Waals surface area contributed by atoms with Crippen molar-refractivity contribution >= 4 is 0 Å². The number of hydrogen-bond donors (Lipinski definition) is 6. The second-order valence-corrected chi connectivity index (χ2v) is 5.08. The molecule has 0 aliphatic carbocycles. The van der Waals surface area contributed by atoms with Gasteiger partial charge in [-0.15, -0.1) is 10.2 Å². The van der Waals surface area contributed by atoms with Crippen LogP contribution >= 0.6 is 0 Å². The van der Waals surface area contributed by atoms with Gasteiger partial charge in [-0.2, -0.15) is 0 Å². The van der Waals surface area contributed by atoms with Crippen molar-refractivity contribution in [2.45, 2.75) is 0 Å². The fourth-order valence-electron chi connectivity index (χ4n) is 1.19. The monoisotopic (exact) mass is 455 g/mol. The molecule has 0 heterocycles. The maximum absolute atomic E-state index is 8.49. The molecule has 12 nitrogen and oxygen atoms in total. The Hall–Kier alpha value is 0.304. The van der Waals surface area contributed by atoms with Gasteiger partial charge in [-0.1, -0.05) is 0 Å². The quantitative estimate of drug-likeness (QED) is 0.0821. The summed E-state index contributed by atoms with van der Waals surface area (Å²) in [5.74, 6) is 0. The van der Waals surface area contributed by atoms with Crippen molar-refractivity contribution in [3.05, 3.63) is 0 Å². The van der Waals surface area contributed by atoms with Crippen LogP contribution in [0.15, 0.2) is 0 Å². The molecule has 0 aromatic heterocycles. The van der Waals surface area contributed by atoms with Gasteiger partial charge in [0.2, 0.25) is 0 Å². The van der Waals surface area contributed by atoms with Crippen LogP contribution in [0.25, 0.3) is 0 Å². The van der Waals surface area contributed by atoms with E-state index in [0.29, 0.717) is 26.3 Å². The van der Waals surface area contributed by atoms with Gasteiger partial charge in [0.15, 0.2) is 13.2 Å². The average Bonchev–Trinajstić information content (AvgIpc) is 2.53. The average molecular weight is 457 g/mol. The van der Waals surface area contributed by atoms with E-state index in [0.717, 1.165) is 39.3 Å². The maximum atomic E-state index is 8.49. The molecule has 0 radical (unpaired) electrons. The molecule has 0 aromatic carbocycles. The van der Waals surface area contributed by atoms with E-state index in [2.05, 4.69) is 21.3 Å². The minimum atomic E-state index is -4.94. The largest absolute Gasteiger partial charge is 2.00 e. The molecule has 0 atom stereocenters. The van der Waals surface area contributed by atoms with E-state index < -0.39 is 10.2 Å². The van der Waals surface area contributed by atoms with Crippen molar-refractivity contribution in [1.82, 2.24) is 21.3 Å². The van der Waals surface area contributed by atoms with Gasteiger partial charge in [0, 0.05) is 39.3 Å². The maximum Gasteiger partial charge on any atom is 2.00 e. The van der Waals surface area contributed by atoms with Crippen LogP contribution in [-0.4, -0.2) is 99.2 Å². The van der Waals surface area contributed by atoms with E-state index >= 15 is 0 Å². The third kappa shape index (κ3) is 64.5. The Morgan fingerprint density at radius 3 is 1.00 bits per heavy atom. The molecule has 0 amide bonds. The minimum Gasteiger partial charge on any atom is -0.444 e. The topological polar surface area (TPSA) is 227 Å². The van der Waals surface area contributed by atoms with Crippen LogP contribution in [0.4, 0.5) is 0 Å². The molecular weight excluding hydrogens is 422 g/mol. The molecular formula is C12H34ClN4NiO8+3. The van der Waals surface area contributed by atoms with E-state index in [1.54, 1.807) is 0 Å². The molecule has 0 aromatic rings. The van der Waals surface area contributed by atoms with Gasteiger partial charge in [0.25, 0.3) is 0 Å².